The van der Waals surface area contributed by atoms with E-state index in [1.165, 1.54) is 17.6 Å². The van der Waals surface area contributed by atoms with Crippen LogP contribution in [0, 0.1) is 56.7 Å². The summed E-state index contributed by atoms with van der Waals surface area (Å²) in [7, 11) is 0. The second-order valence-electron chi connectivity index (χ2n) is 15.9. The zero-order valence-electron chi connectivity index (χ0n) is 25.9. The van der Waals surface area contributed by atoms with Crippen LogP contribution in [0.15, 0.2) is 23.8 Å². The van der Waals surface area contributed by atoms with Crippen LogP contribution in [0.5, 0.6) is 0 Å². The highest BCUT2D eigenvalue weighted by molar-refractivity contribution is 5.78. The van der Waals surface area contributed by atoms with E-state index in [-0.39, 0.29) is 34.2 Å². The lowest BCUT2D eigenvalue weighted by Crippen LogP contribution is -2.67. The molecule has 0 heterocycles. The van der Waals surface area contributed by atoms with Gasteiger partial charge in [0.15, 0.2) is 0 Å². The Balaban J connectivity index is 1.51. The van der Waals surface area contributed by atoms with Gasteiger partial charge in [-0.15, -0.1) is 0 Å². The van der Waals surface area contributed by atoms with Crippen LogP contribution < -0.4 is 0 Å². The molecule has 0 aliphatic heterocycles. The molecule has 0 bridgehead atoms. The Morgan fingerprint density at radius 1 is 0.897 bits per heavy atom. The number of fused-ring (bicyclic) bond motifs is 7. The van der Waals surface area contributed by atoms with Crippen LogP contribution in [0.25, 0.3) is 0 Å². The molecule has 4 heteroatoms. The number of esters is 1. The molecule has 0 aromatic heterocycles. The molecule has 5 saturated carbocycles. The fourth-order valence-corrected chi connectivity index (χ4v) is 11.9. The van der Waals surface area contributed by atoms with E-state index in [1.807, 2.05) is 6.08 Å². The first kappa shape index (κ1) is 29.4. The van der Waals surface area contributed by atoms with Gasteiger partial charge in [-0.05, 0) is 137 Å². The molecule has 2 N–H and O–H groups in total. The first-order chi connectivity index (χ1) is 18.2. The predicted octanol–water partition coefficient (Wildman–Crippen LogP) is 7.49. The van der Waals surface area contributed by atoms with Gasteiger partial charge in [-0.3, -0.25) is 4.79 Å². The summed E-state index contributed by atoms with van der Waals surface area (Å²) in [6, 6.07) is 0. The Hall–Kier alpha value is -1.13. The molecule has 220 valence electrons. The Morgan fingerprint density at radius 2 is 1.62 bits per heavy atom. The van der Waals surface area contributed by atoms with Crippen molar-refractivity contribution in [3.8, 4) is 0 Å². The minimum Gasteiger partial charge on any atom is -0.461 e. The molecule has 0 aromatic carbocycles. The molecule has 0 saturated heterocycles. The van der Waals surface area contributed by atoms with Gasteiger partial charge in [-0.2, -0.15) is 0 Å². The fourth-order valence-electron chi connectivity index (χ4n) is 11.9. The van der Waals surface area contributed by atoms with E-state index in [9.17, 15) is 15.0 Å². The molecule has 5 aliphatic rings. The van der Waals surface area contributed by atoms with E-state index in [4.69, 9.17) is 4.74 Å². The first-order valence-electron chi connectivity index (χ1n) is 16.0. The second kappa shape index (κ2) is 9.72. The maximum Gasteiger partial charge on any atom is 0.312 e. The lowest BCUT2D eigenvalue weighted by Gasteiger charge is -2.72. The van der Waals surface area contributed by atoms with Gasteiger partial charge in [0.05, 0.1) is 18.1 Å². The van der Waals surface area contributed by atoms with Crippen molar-refractivity contribution in [1.82, 2.24) is 0 Å². The van der Waals surface area contributed by atoms with Gasteiger partial charge in [0.25, 0.3) is 0 Å². The molecule has 0 radical (unpaired) electrons. The Bertz CT molecular complexity index is 1030. The maximum absolute atomic E-state index is 13.9. The Labute approximate surface area is 238 Å². The fraction of sp³-hybridized carbons (Fsp3) is 0.857. The van der Waals surface area contributed by atoms with Crippen LogP contribution in [-0.2, 0) is 9.53 Å². The lowest BCUT2D eigenvalue weighted by molar-refractivity contribution is -0.254. The predicted molar refractivity (Wildman–Crippen MR) is 157 cm³/mol. The van der Waals surface area contributed by atoms with Crippen LogP contribution in [0.2, 0.25) is 0 Å². The van der Waals surface area contributed by atoms with Gasteiger partial charge >= 0.3 is 5.97 Å². The average molecular weight is 541 g/mol. The minimum atomic E-state index is -0.417. The van der Waals surface area contributed by atoms with E-state index in [0.717, 1.165) is 57.8 Å². The molecule has 4 unspecified atom stereocenters. The number of carbonyl (C=O) groups is 1. The van der Waals surface area contributed by atoms with Crippen LogP contribution in [-0.4, -0.2) is 35.5 Å². The number of rotatable bonds is 5. The summed E-state index contributed by atoms with van der Waals surface area (Å²) in [5, 5.41) is 21.5. The van der Waals surface area contributed by atoms with Gasteiger partial charge in [0.1, 0.15) is 6.61 Å². The molecule has 5 rings (SSSR count). The topological polar surface area (TPSA) is 66.8 Å². The molecule has 0 spiro atoms. The number of hydrogen-bond acceptors (Lipinski definition) is 4. The van der Waals surface area contributed by atoms with Crippen LogP contribution in [0.3, 0.4) is 0 Å². The molecule has 39 heavy (non-hydrogen) atoms. The van der Waals surface area contributed by atoms with Crippen molar-refractivity contribution in [3.05, 3.63) is 23.8 Å². The SMILES string of the molecule is C=C(C)[C@@H]1CC[C@]2(C(=O)OCC=C(C)C)CC[C@]3(C)C(CCC4[C@@]5(C)CC[C@H](O)[C@@](C)(CO)C5CC[C@]43C)C12. The van der Waals surface area contributed by atoms with E-state index in [0.29, 0.717) is 36.2 Å². The molecular weight excluding hydrogens is 484 g/mol. The van der Waals surface area contributed by atoms with Crippen molar-refractivity contribution in [2.45, 2.75) is 119 Å². The quantitative estimate of drug-likeness (QED) is 0.280. The van der Waals surface area contributed by atoms with Crippen molar-refractivity contribution in [3.63, 3.8) is 0 Å². The maximum atomic E-state index is 13.9. The molecule has 5 fully saturated rings. The van der Waals surface area contributed by atoms with Crippen molar-refractivity contribution < 1.29 is 19.7 Å². The largest absolute Gasteiger partial charge is 0.461 e. The Morgan fingerprint density at radius 3 is 2.26 bits per heavy atom. The summed E-state index contributed by atoms with van der Waals surface area (Å²) < 4.78 is 6.01. The van der Waals surface area contributed by atoms with Gasteiger partial charge in [0.2, 0.25) is 0 Å². The summed E-state index contributed by atoms with van der Waals surface area (Å²) in [5.74, 6) is 2.15. The number of hydrogen-bond donors (Lipinski definition) is 2. The zero-order chi connectivity index (χ0) is 28.6. The molecule has 5 aliphatic carbocycles. The van der Waals surface area contributed by atoms with Crippen LogP contribution in [0.1, 0.15) is 113 Å². The summed E-state index contributed by atoms with van der Waals surface area (Å²) in [6.45, 7) is 21.0. The van der Waals surface area contributed by atoms with Crippen molar-refractivity contribution in [1.29, 1.82) is 0 Å². The Kier molecular flexibility index (Phi) is 7.32. The van der Waals surface area contributed by atoms with Gasteiger partial charge in [-0.1, -0.05) is 45.4 Å². The number of aliphatic hydroxyl groups is 2. The van der Waals surface area contributed by atoms with E-state index >= 15 is 0 Å². The molecule has 11 atom stereocenters. The van der Waals surface area contributed by atoms with Crippen molar-refractivity contribution in [2.75, 3.05) is 13.2 Å². The normalized spacial score (nSPS) is 50.6. The van der Waals surface area contributed by atoms with Gasteiger partial charge < -0.3 is 14.9 Å². The smallest absolute Gasteiger partial charge is 0.312 e. The standard InChI is InChI=1S/C35H56O4/c1-22(2)14-20-39-30(38)35-17-11-24(23(3)4)29(35)25-9-10-27-31(5)15-13-28(37)32(6,21-36)26(31)12-16-34(27,8)33(25,7)18-19-35/h14,24-29,36-37H,3,9-13,15-21H2,1-2,4-8H3/t24-,25?,26?,27?,28-,29?,31-,32-,33+,34+,35-/m0/s1. The van der Waals surface area contributed by atoms with E-state index in [2.05, 4.69) is 55.0 Å². The first-order valence-corrected chi connectivity index (χ1v) is 16.0. The minimum absolute atomic E-state index is 0.0405. The monoisotopic (exact) mass is 540 g/mol. The molecular formula is C35H56O4. The average Bonchev–Trinajstić information content (AvgIpc) is 3.28. The number of allylic oxidation sites excluding steroid dienone is 2. The molecule has 4 nitrogen and oxygen atoms in total. The zero-order valence-corrected chi connectivity index (χ0v) is 25.9. The van der Waals surface area contributed by atoms with Gasteiger partial charge in [0, 0.05) is 5.41 Å². The molecule has 0 aromatic rings. The van der Waals surface area contributed by atoms with Crippen molar-refractivity contribution in [2.24, 2.45) is 56.7 Å². The number of ether oxygens (including phenoxy) is 1. The third-order valence-corrected chi connectivity index (χ3v) is 14.3. The third-order valence-electron chi connectivity index (χ3n) is 14.3. The lowest BCUT2D eigenvalue weighted by atomic mass is 9.32. The molecule has 0 amide bonds. The number of aliphatic hydroxyl groups excluding tert-OH is 2. The summed E-state index contributed by atoms with van der Waals surface area (Å²) >= 11 is 0. The van der Waals surface area contributed by atoms with Crippen LogP contribution in [0.4, 0.5) is 0 Å². The van der Waals surface area contributed by atoms with Gasteiger partial charge in [-0.25, -0.2) is 0 Å². The summed E-state index contributed by atoms with van der Waals surface area (Å²) in [5.41, 5.74) is 2.09. The van der Waals surface area contributed by atoms with Crippen molar-refractivity contribution >= 4 is 5.97 Å². The highest BCUT2D eigenvalue weighted by Gasteiger charge is 2.72. The summed E-state index contributed by atoms with van der Waals surface area (Å²) in [6.07, 6.45) is 12.0. The number of carbonyl (C=O) groups excluding carboxylic acids is 1. The summed E-state index contributed by atoms with van der Waals surface area (Å²) in [4.78, 5) is 13.9. The third kappa shape index (κ3) is 3.93. The van der Waals surface area contributed by atoms with E-state index in [1.54, 1.807) is 0 Å². The highest BCUT2D eigenvalue weighted by Crippen LogP contribution is 2.77. The van der Waals surface area contributed by atoms with E-state index < -0.39 is 11.5 Å². The second-order valence-corrected chi connectivity index (χ2v) is 15.9. The van der Waals surface area contributed by atoms with Crippen LogP contribution >= 0.6 is 0 Å². The highest BCUT2D eigenvalue weighted by atomic mass is 16.5.